The van der Waals surface area contributed by atoms with Gasteiger partial charge in [0.2, 0.25) is 0 Å². The van der Waals surface area contributed by atoms with Gasteiger partial charge in [-0.25, -0.2) is 14.4 Å². The number of benzene rings is 6. The number of carbonyl (C=O) groups excluding carboxylic acids is 3. The van der Waals surface area contributed by atoms with Crippen LogP contribution in [0.1, 0.15) is 235 Å². The van der Waals surface area contributed by atoms with Crippen molar-refractivity contribution in [3.63, 3.8) is 0 Å². The average Bonchev–Trinajstić information content (AvgIpc) is 1.66. The van der Waals surface area contributed by atoms with E-state index in [1.54, 1.807) is 89.3 Å². The molecule has 6 atom stereocenters. The Kier molecular flexibility index (Phi) is 30.0. The summed E-state index contributed by atoms with van der Waals surface area (Å²) >= 11 is 5.56. The highest BCUT2D eigenvalue weighted by molar-refractivity contribution is 14.1. The number of amides is 6. The number of aromatic nitrogens is 2. The molecule has 14 rings (SSSR count). The highest BCUT2D eigenvalue weighted by Gasteiger charge is 2.64. The fourth-order valence-electron chi connectivity index (χ4n) is 16.6. The second kappa shape index (κ2) is 37.9. The minimum absolute atomic E-state index is 0.0194. The summed E-state index contributed by atoms with van der Waals surface area (Å²) in [6.45, 7) is 43.1. The molecule has 6 saturated heterocycles. The van der Waals surface area contributed by atoms with Crippen molar-refractivity contribution < 1.29 is 57.6 Å². The van der Waals surface area contributed by atoms with E-state index in [1.165, 1.54) is 0 Å². The Morgan fingerprint density at radius 1 is 0.398 bits per heavy atom. The van der Waals surface area contributed by atoms with Crippen molar-refractivity contribution >= 4 is 83.2 Å². The predicted octanol–water partition coefficient (Wildman–Crippen LogP) is 17.3. The molecule has 2 aromatic heterocycles. The number of rotatable bonds is 18. The summed E-state index contributed by atoms with van der Waals surface area (Å²) in [5.41, 5.74) is 2.33. The van der Waals surface area contributed by atoms with Crippen LogP contribution < -0.4 is 32.5 Å². The van der Waals surface area contributed by atoms with E-state index in [9.17, 15) is 39.3 Å². The molecule has 0 unspecified atom stereocenters. The van der Waals surface area contributed by atoms with Crippen LogP contribution in [-0.2, 0) is 58.6 Å². The molecule has 6 aliphatic heterocycles. The van der Waals surface area contributed by atoms with Gasteiger partial charge in [0.25, 0.3) is 11.1 Å². The van der Waals surface area contributed by atoms with Gasteiger partial charge in [0, 0.05) is 85.6 Å². The van der Waals surface area contributed by atoms with E-state index < -0.39 is 54.6 Å². The molecule has 22 nitrogen and oxygen atoms in total. The first-order valence-corrected chi connectivity index (χ1v) is 44.6. The third-order valence-electron chi connectivity index (χ3n) is 25.7. The van der Waals surface area contributed by atoms with Crippen LogP contribution in [-0.4, -0.2) is 148 Å². The number of halogens is 2. The molecule has 0 radical (unpaired) electrons. The standard InChI is InChI=1S/C28H39BN2O4.C28H33N3O3.C22H27BrN2O2.C12H24B2O4.C6H6INO/c1-20(21-13-15-23(16-14-21)29-34-26(4,5)27(6,7)35-29)31-18-17-28(30-24(31)32,19-25(2,3)33)22-11-9-8-10-12-22;1-20(21-10-12-22(13-11-21)23-14-16-30(4)25(32)18-23)31-17-15-28(29-26(31)33,19-27(2,3)34)24-8-6-5-7-9-24;1-16(17-9-11-19(23)12-10-17)25-14-13-22(24-20(25)26,15-21(2,3)27)18-7-5-4-6-8-18;1-9(2)10(3,4)16-13(15-9)14-17-11(5,6)12(7,8)18-14;1-8-3-2-5(7)4-6(8)9/h8-16,20,33H,17-19H2,1-7H3,(H,30,32);5-14,16,18,20,34H,15,17,19H2,1-4H3,(H,29,33);4-12,16,27H,13-15H2,1-3H3,(H,24,26);1-8H3;2-4H,1H3/t2*20-,28-;16-,22-;;/m000../s1. The number of pyridine rings is 2. The Labute approximate surface area is 752 Å². The lowest BCUT2D eigenvalue weighted by atomic mass is 9.49. The van der Waals surface area contributed by atoms with Crippen LogP contribution in [0, 0.1) is 3.57 Å². The van der Waals surface area contributed by atoms with Gasteiger partial charge in [0.1, 0.15) is 0 Å². The van der Waals surface area contributed by atoms with Gasteiger partial charge in [-0.1, -0.05) is 168 Å². The van der Waals surface area contributed by atoms with Crippen molar-refractivity contribution in [2.45, 2.75) is 269 Å². The Balaban J connectivity index is 0.000000169. The lowest BCUT2D eigenvalue weighted by molar-refractivity contribution is 0.00578. The smallest absolute Gasteiger partial charge is 0.405 e. The maximum atomic E-state index is 13.4. The van der Waals surface area contributed by atoms with Gasteiger partial charge >= 0.3 is 39.2 Å². The molecule has 6 amide bonds. The molecule has 0 aliphatic carbocycles. The number of nitrogens with one attached hydrogen (secondary N) is 3. The number of nitrogens with zero attached hydrogens (tertiary/aromatic N) is 5. The number of carbonyl (C=O) groups is 3. The first-order valence-electron chi connectivity index (χ1n) is 42.7. The molecule has 8 aromatic rings. The van der Waals surface area contributed by atoms with Gasteiger partial charge in [0.15, 0.2) is 0 Å². The lowest BCUT2D eigenvalue weighted by Gasteiger charge is -2.47. The molecule has 0 bridgehead atoms. The number of hydrogen-bond acceptors (Lipinski definition) is 14. The van der Waals surface area contributed by atoms with Crippen LogP contribution in [0.5, 0.6) is 0 Å². The monoisotopic (exact) mass is 1860 g/mol. The van der Waals surface area contributed by atoms with Gasteiger partial charge in [-0.2, -0.15) is 0 Å². The van der Waals surface area contributed by atoms with Gasteiger partial charge in [-0.15, -0.1) is 0 Å². The predicted molar refractivity (Wildman–Crippen MR) is 502 cm³/mol. The number of aryl methyl sites for hydroxylation is 2. The summed E-state index contributed by atoms with van der Waals surface area (Å²) in [5, 5.41) is 41.5. The van der Waals surface area contributed by atoms with Crippen LogP contribution in [0.25, 0.3) is 11.1 Å². The zero-order valence-corrected chi connectivity index (χ0v) is 79.9. The van der Waals surface area contributed by atoms with Gasteiger partial charge in [-0.05, 0) is 261 Å². The van der Waals surface area contributed by atoms with E-state index >= 15 is 0 Å². The first kappa shape index (κ1) is 97.3. The van der Waals surface area contributed by atoms with Crippen molar-refractivity contribution in [2.75, 3.05) is 19.6 Å². The second-order valence-electron chi connectivity index (χ2n) is 38.8. The van der Waals surface area contributed by atoms with Gasteiger partial charge in [0.05, 0.1) is 85.2 Å². The van der Waals surface area contributed by atoms with Crippen LogP contribution in [0.3, 0.4) is 0 Å². The highest BCUT2D eigenvalue weighted by atomic mass is 127. The highest BCUT2D eigenvalue weighted by Crippen LogP contribution is 2.46. The minimum Gasteiger partial charge on any atom is -0.405 e. The van der Waals surface area contributed by atoms with Crippen LogP contribution >= 0.6 is 38.5 Å². The summed E-state index contributed by atoms with van der Waals surface area (Å²) in [5.74, 6) is 0. The quantitative estimate of drug-likeness (QED) is 0.0345. The van der Waals surface area contributed by atoms with Crippen molar-refractivity contribution in [3.05, 3.63) is 263 Å². The molecule has 27 heteroatoms. The molecule has 6 aromatic carbocycles. The van der Waals surface area contributed by atoms with E-state index in [0.717, 1.165) is 64.4 Å². The molecule has 123 heavy (non-hydrogen) atoms. The van der Waals surface area contributed by atoms with Crippen molar-refractivity contribution in [1.82, 2.24) is 39.8 Å². The van der Waals surface area contributed by atoms with E-state index in [-0.39, 0.29) is 80.9 Å². The zero-order valence-electron chi connectivity index (χ0n) is 76.2. The minimum atomic E-state index is -0.925. The van der Waals surface area contributed by atoms with E-state index in [1.807, 2.05) is 288 Å². The Hall–Kier alpha value is -7.93. The summed E-state index contributed by atoms with van der Waals surface area (Å²) in [7, 11) is 2.11. The molecule has 6 N–H and O–H groups in total. The second-order valence-corrected chi connectivity index (χ2v) is 41.0. The van der Waals surface area contributed by atoms with Crippen LogP contribution in [0.15, 0.2) is 215 Å². The van der Waals surface area contributed by atoms with Crippen LogP contribution in [0.4, 0.5) is 14.4 Å². The van der Waals surface area contributed by atoms with Gasteiger partial charge < -0.3 is 83.0 Å². The van der Waals surface area contributed by atoms with Crippen molar-refractivity contribution in [3.8, 4) is 11.1 Å². The number of aliphatic hydroxyl groups is 3. The Bertz CT molecular complexity index is 4960. The molecule has 0 saturated carbocycles. The third-order valence-corrected chi connectivity index (χ3v) is 26.9. The van der Waals surface area contributed by atoms with Crippen molar-refractivity contribution in [2.24, 2.45) is 14.1 Å². The summed E-state index contributed by atoms with van der Waals surface area (Å²) < 4.78 is 41.3. The first-order chi connectivity index (χ1) is 57.1. The Morgan fingerprint density at radius 2 is 0.683 bits per heavy atom. The SMILES string of the molecule is CC1(C)OB(B2OC(C)(C)C(C)(C)O2)OC1(C)C.C[C@@H](c1ccc(-c2ccn(C)c(=O)c2)cc1)N1CC[C@](CC(C)(C)O)(c2ccccc2)NC1=O.C[C@@H](c1ccc(B2OC(C)(C)C(C)(C)O2)cc1)N1CC[C@](CC(C)(C)O)(c2ccccc2)NC1=O.C[C@@H](c1ccc(Br)cc1)N1CC[C@](CC(C)(C)O)(c2ccccc2)NC1=O.Cn1ccc(I)cc1=O. The molecular formula is C96H129B3BrIN8O14. The van der Waals surface area contributed by atoms with Gasteiger partial charge in [-0.3, -0.25) is 9.59 Å². The molecule has 660 valence electrons. The third kappa shape index (κ3) is 23.7. The lowest BCUT2D eigenvalue weighted by Crippen LogP contribution is -2.60. The fraction of sp³-hybridized carbons (Fsp3) is 0.490. The fourth-order valence-corrected chi connectivity index (χ4v) is 17.3. The largest absolute Gasteiger partial charge is 0.494 e. The molecular weight excluding hydrogens is 1730 g/mol. The topological polar surface area (TPSA) is 257 Å². The summed E-state index contributed by atoms with van der Waals surface area (Å²) in [6.07, 6.45) is 7.02. The van der Waals surface area contributed by atoms with E-state index in [0.29, 0.717) is 51.7 Å². The summed E-state index contributed by atoms with van der Waals surface area (Å²) in [4.78, 5) is 68.2. The number of urea groups is 3. The van der Waals surface area contributed by atoms with E-state index in [2.05, 4.69) is 61.4 Å². The maximum absolute atomic E-state index is 13.4. The van der Waals surface area contributed by atoms with E-state index in [4.69, 9.17) is 27.9 Å². The molecule has 0 spiro atoms. The molecule has 6 fully saturated rings. The average molecular weight is 1860 g/mol. The normalized spacial score (nSPS) is 22.6. The number of hydrogen-bond donors (Lipinski definition) is 6. The Morgan fingerprint density at radius 3 is 0.967 bits per heavy atom. The summed E-state index contributed by atoms with van der Waals surface area (Å²) in [6, 6.07) is 60.6. The zero-order chi connectivity index (χ0) is 90.7. The molecule has 6 aliphatic rings. The van der Waals surface area contributed by atoms with Crippen LogP contribution in [0.2, 0.25) is 0 Å². The maximum Gasteiger partial charge on any atom is 0.494 e. The molecule has 8 heterocycles. The van der Waals surface area contributed by atoms with Crippen molar-refractivity contribution in [1.29, 1.82) is 0 Å².